The van der Waals surface area contributed by atoms with E-state index in [9.17, 15) is 9.59 Å². The van der Waals surface area contributed by atoms with E-state index in [1.165, 1.54) is 0 Å². The smallest absolute Gasteiger partial charge is 0.314 e. The van der Waals surface area contributed by atoms with Gasteiger partial charge in [-0.15, -0.1) is 0 Å². The Balaban J connectivity index is 1.79. The maximum absolute atomic E-state index is 12.8. The minimum Gasteiger partial charge on any atom is -0.460 e. The average molecular weight is 320 g/mol. The molecule has 0 atom stereocenters. The van der Waals surface area contributed by atoms with Gasteiger partial charge in [0.1, 0.15) is 17.1 Å². The Bertz CT molecular complexity index is 982. The quantitative estimate of drug-likeness (QED) is 0.539. The van der Waals surface area contributed by atoms with E-state index in [-0.39, 0.29) is 17.3 Å². The molecule has 0 radical (unpaired) electrons. The number of carbonyl (C=O) groups excluding carboxylic acids is 1. The molecule has 1 heterocycles. The zero-order valence-electron chi connectivity index (χ0n) is 13.2. The van der Waals surface area contributed by atoms with Gasteiger partial charge >= 0.3 is 5.97 Å². The Morgan fingerprint density at radius 2 is 1.88 bits per heavy atom. The molecule has 0 unspecified atom stereocenters. The van der Waals surface area contributed by atoms with Crippen molar-refractivity contribution < 1.29 is 13.9 Å². The van der Waals surface area contributed by atoms with Crippen molar-refractivity contribution in [1.82, 2.24) is 0 Å². The van der Waals surface area contributed by atoms with Crippen molar-refractivity contribution >= 4 is 16.9 Å². The van der Waals surface area contributed by atoms with E-state index in [2.05, 4.69) is 0 Å². The van der Waals surface area contributed by atoms with Crippen LogP contribution in [-0.4, -0.2) is 5.97 Å². The number of aryl methyl sites for hydroxylation is 1. The van der Waals surface area contributed by atoms with Crippen molar-refractivity contribution in [1.29, 1.82) is 0 Å². The van der Waals surface area contributed by atoms with Crippen LogP contribution in [0.2, 0.25) is 0 Å². The summed E-state index contributed by atoms with van der Waals surface area (Å²) in [7, 11) is 0. The highest BCUT2D eigenvalue weighted by atomic mass is 16.5. The summed E-state index contributed by atoms with van der Waals surface area (Å²) in [6.07, 6.45) is 1.78. The number of ether oxygens (including phenoxy) is 1. The predicted octanol–water partition coefficient (Wildman–Crippen LogP) is 4.08. The summed E-state index contributed by atoms with van der Waals surface area (Å²) in [4.78, 5) is 24.6. The van der Waals surface area contributed by atoms with Crippen LogP contribution in [0.5, 0.6) is 5.75 Å². The van der Waals surface area contributed by atoms with Crippen LogP contribution in [-0.2, 0) is 4.79 Å². The minimum absolute atomic E-state index is 0.0231. The van der Waals surface area contributed by atoms with E-state index in [1.54, 1.807) is 25.1 Å². The number of benzene rings is 2. The maximum Gasteiger partial charge on any atom is 0.314 e. The molecule has 1 saturated carbocycles. The molecule has 1 aliphatic rings. The largest absolute Gasteiger partial charge is 0.460 e. The monoisotopic (exact) mass is 320 g/mol. The summed E-state index contributed by atoms with van der Waals surface area (Å²) in [6, 6.07) is 14.4. The van der Waals surface area contributed by atoms with Crippen LogP contribution >= 0.6 is 0 Å². The van der Waals surface area contributed by atoms with Gasteiger partial charge in [0.25, 0.3) is 0 Å². The molecule has 0 N–H and O–H groups in total. The lowest BCUT2D eigenvalue weighted by Gasteiger charge is -2.08. The van der Waals surface area contributed by atoms with Crippen molar-refractivity contribution in [3.8, 4) is 16.9 Å². The molecule has 1 aliphatic carbocycles. The summed E-state index contributed by atoms with van der Waals surface area (Å²) in [5.41, 5.74) is 1.74. The van der Waals surface area contributed by atoms with Crippen molar-refractivity contribution in [2.75, 3.05) is 0 Å². The van der Waals surface area contributed by atoms with Crippen LogP contribution < -0.4 is 10.2 Å². The van der Waals surface area contributed by atoms with E-state index in [0.29, 0.717) is 28.0 Å². The Kier molecular flexibility index (Phi) is 3.45. The molecule has 4 rings (SSSR count). The molecule has 1 fully saturated rings. The zero-order valence-corrected chi connectivity index (χ0v) is 13.2. The van der Waals surface area contributed by atoms with Crippen LogP contribution in [0.1, 0.15) is 18.6 Å². The van der Waals surface area contributed by atoms with E-state index >= 15 is 0 Å². The van der Waals surface area contributed by atoms with Gasteiger partial charge in [-0.3, -0.25) is 9.59 Å². The topological polar surface area (TPSA) is 56.5 Å². The number of hydrogen-bond acceptors (Lipinski definition) is 4. The van der Waals surface area contributed by atoms with Gasteiger partial charge in [0.05, 0.1) is 16.9 Å². The van der Waals surface area contributed by atoms with Crippen molar-refractivity contribution in [2.45, 2.75) is 19.8 Å². The van der Waals surface area contributed by atoms with Gasteiger partial charge in [0.2, 0.25) is 5.43 Å². The minimum atomic E-state index is -0.214. The summed E-state index contributed by atoms with van der Waals surface area (Å²) < 4.78 is 11.2. The van der Waals surface area contributed by atoms with Crippen LogP contribution in [0.15, 0.2) is 57.7 Å². The highest BCUT2D eigenvalue weighted by molar-refractivity contribution is 5.85. The second kappa shape index (κ2) is 5.64. The number of hydrogen-bond donors (Lipinski definition) is 0. The first-order chi connectivity index (χ1) is 11.6. The lowest BCUT2D eigenvalue weighted by molar-refractivity contribution is -0.135. The van der Waals surface area contributed by atoms with Gasteiger partial charge in [-0.1, -0.05) is 30.3 Å². The molecule has 24 heavy (non-hydrogen) atoms. The van der Waals surface area contributed by atoms with E-state index in [1.807, 2.05) is 30.3 Å². The van der Waals surface area contributed by atoms with E-state index in [0.717, 1.165) is 18.4 Å². The SMILES string of the molecule is Cc1oc2cc(OC(=O)C3CC3)ccc2c(=O)c1-c1ccccc1. The highest BCUT2D eigenvalue weighted by Gasteiger charge is 2.31. The fourth-order valence-electron chi connectivity index (χ4n) is 2.81. The number of fused-ring (bicyclic) bond motifs is 1. The Morgan fingerprint density at radius 3 is 2.58 bits per heavy atom. The van der Waals surface area contributed by atoms with Crippen molar-refractivity contribution in [3.63, 3.8) is 0 Å². The molecule has 0 bridgehead atoms. The third-order valence-corrected chi connectivity index (χ3v) is 4.23. The van der Waals surface area contributed by atoms with Gasteiger partial charge in [0, 0.05) is 6.07 Å². The summed E-state index contributed by atoms with van der Waals surface area (Å²) >= 11 is 0. The Labute approximate surface area is 138 Å². The molecular weight excluding hydrogens is 304 g/mol. The molecule has 0 amide bonds. The van der Waals surface area contributed by atoms with Gasteiger partial charge < -0.3 is 9.15 Å². The van der Waals surface area contributed by atoms with E-state index in [4.69, 9.17) is 9.15 Å². The molecule has 3 aromatic rings. The molecule has 4 heteroatoms. The summed E-state index contributed by atoms with van der Waals surface area (Å²) in [6.45, 7) is 1.77. The first-order valence-corrected chi connectivity index (χ1v) is 7.98. The molecule has 120 valence electrons. The first kappa shape index (κ1) is 14.7. The van der Waals surface area contributed by atoms with Gasteiger partial charge in [0.15, 0.2) is 0 Å². The summed E-state index contributed by atoms with van der Waals surface area (Å²) in [5, 5.41) is 0.477. The molecular formula is C20H16O4. The fourth-order valence-corrected chi connectivity index (χ4v) is 2.81. The molecule has 0 aliphatic heterocycles. The second-order valence-corrected chi connectivity index (χ2v) is 6.08. The molecule has 2 aromatic carbocycles. The molecule has 1 aromatic heterocycles. The maximum atomic E-state index is 12.8. The predicted molar refractivity (Wildman–Crippen MR) is 91.0 cm³/mol. The van der Waals surface area contributed by atoms with Crippen molar-refractivity contribution in [2.24, 2.45) is 5.92 Å². The lowest BCUT2D eigenvalue weighted by Crippen LogP contribution is -2.10. The normalized spacial score (nSPS) is 13.9. The van der Waals surface area contributed by atoms with Crippen molar-refractivity contribution in [3.05, 3.63) is 64.5 Å². The third kappa shape index (κ3) is 2.60. The zero-order chi connectivity index (χ0) is 16.7. The molecule has 4 nitrogen and oxygen atoms in total. The highest BCUT2D eigenvalue weighted by Crippen LogP contribution is 2.32. The number of esters is 1. The van der Waals surface area contributed by atoms with Gasteiger partial charge in [-0.2, -0.15) is 0 Å². The fraction of sp³-hybridized carbons (Fsp3) is 0.200. The first-order valence-electron chi connectivity index (χ1n) is 7.98. The van der Waals surface area contributed by atoms with Gasteiger partial charge in [-0.05, 0) is 37.5 Å². The number of carbonyl (C=O) groups is 1. The van der Waals surface area contributed by atoms with Crippen LogP contribution in [0.4, 0.5) is 0 Å². The van der Waals surface area contributed by atoms with E-state index < -0.39 is 0 Å². The number of rotatable bonds is 3. The molecule has 0 spiro atoms. The second-order valence-electron chi connectivity index (χ2n) is 6.08. The van der Waals surface area contributed by atoms with Gasteiger partial charge in [-0.25, -0.2) is 0 Å². The Morgan fingerprint density at radius 1 is 1.12 bits per heavy atom. The molecule has 0 saturated heterocycles. The van der Waals surface area contributed by atoms with Crippen LogP contribution in [0, 0.1) is 12.8 Å². The van der Waals surface area contributed by atoms with Crippen LogP contribution in [0.3, 0.4) is 0 Å². The third-order valence-electron chi connectivity index (χ3n) is 4.23. The van der Waals surface area contributed by atoms with Crippen LogP contribution in [0.25, 0.3) is 22.1 Å². The lowest BCUT2D eigenvalue weighted by atomic mass is 10.0. The average Bonchev–Trinajstić information content (AvgIpc) is 3.40. The summed E-state index contributed by atoms with van der Waals surface area (Å²) in [5.74, 6) is 0.767. The Hall–Kier alpha value is -2.88. The standard InChI is InChI=1S/C20H16O4/c1-12-18(13-5-3-2-4-6-13)19(21)16-10-9-15(11-17(16)23-12)24-20(22)14-7-8-14/h2-6,9-11,14H,7-8H2,1H3.